The van der Waals surface area contributed by atoms with Gasteiger partial charge in [-0.1, -0.05) is 13.8 Å². The molecule has 0 aliphatic carbocycles. The van der Waals surface area contributed by atoms with Crippen LogP contribution in [0.5, 0.6) is 5.75 Å². The van der Waals surface area contributed by atoms with E-state index in [0.717, 1.165) is 6.26 Å². The van der Waals surface area contributed by atoms with Crippen molar-refractivity contribution >= 4 is 0 Å². The summed E-state index contributed by atoms with van der Waals surface area (Å²) in [5, 5.41) is 0. The second kappa shape index (κ2) is 3.32. The van der Waals surface area contributed by atoms with E-state index in [1.54, 1.807) is 0 Å². The van der Waals surface area contributed by atoms with Crippen LogP contribution in [0.25, 0.3) is 0 Å². The van der Waals surface area contributed by atoms with Crippen molar-refractivity contribution < 1.29 is 22.3 Å². The minimum atomic E-state index is -4.65. The standard InChI is InChI=1S/C8H9F3O2/c1-5(2)7-3-6(4-12-7)13-8(9,10)11/h3-5H,1-2H3. The first-order chi connectivity index (χ1) is 5.88. The van der Waals surface area contributed by atoms with Crippen molar-refractivity contribution in [3.63, 3.8) is 0 Å². The maximum absolute atomic E-state index is 11.7. The molecule has 1 aromatic rings. The van der Waals surface area contributed by atoms with E-state index in [4.69, 9.17) is 4.42 Å². The molecule has 74 valence electrons. The van der Waals surface area contributed by atoms with Crippen LogP contribution in [0, 0.1) is 0 Å². The van der Waals surface area contributed by atoms with E-state index in [2.05, 4.69) is 4.74 Å². The quantitative estimate of drug-likeness (QED) is 0.720. The first kappa shape index (κ1) is 9.95. The van der Waals surface area contributed by atoms with Gasteiger partial charge in [0.2, 0.25) is 0 Å². The van der Waals surface area contributed by atoms with E-state index in [1.165, 1.54) is 6.07 Å². The van der Waals surface area contributed by atoms with Gasteiger partial charge in [-0.3, -0.25) is 0 Å². The highest BCUT2D eigenvalue weighted by atomic mass is 19.4. The molecule has 0 bridgehead atoms. The Morgan fingerprint density at radius 1 is 1.38 bits per heavy atom. The molecule has 0 N–H and O–H groups in total. The molecule has 0 aliphatic heterocycles. The summed E-state index contributed by atoms with van der Waals surface area (Å²) < 4.78 is 43.5. The van der Waals surface area contributed by atoms with Gasteiger partial charge < -0.3 is 9.15 Å². The second-order valence-corrected chi connectivity index (χ2v) is 2.89. The predicted octanol–water partition coefficient (Wildman–Crippen LogP) is 3.30. The Morgan fingerprint density at radius 3 is 2.38 bits per heavy atom. The fraction of sp³-hybridized carbons (Fsp3) is 0.500. The van der Waals surface area contributed by atoms with Gasteiger partial charge >= 0.3 is 6.36 Å². The highest BCUT2D eigenvalue weighted by Gasteiger charge is 2.31. The Labute approximate surface area is 73.3 Å². The first-order valence-corrected chi connectivity index (χ1v) is 3.72. The molecule has 0 atom stereocenters. The Bertz CT molecular complexity index is 275. The van der Waals surface area contributed by atoms with Gasteiger partial charge in [-0.05, 0) is 0 Å². The van der Waals surface area contributed by atoms with Gasteiger partial charge in [-0.2, -0.15) is 0 Å². The van der Waals surface area contributed by atoms with Gasteiger partial charge in [0.25, 0.3) is 0 Å². The Kier molecular flexibility index (Phi) is 2.54. The summed E-state index contributed by atoms with van der Waals surface area (Å²) in [6.07, 6.45) is -3.71. The molecule has 1 rings (SSSR count). The molecular weight excluding hydrogens is 185 g/mol. The van der Waals surface area contributed by atoms with Crippen LogP contribution in [0.15, 0.2) is 16.7 Å². The Hall–Kier alpha value is -1.13. The fourth-order valence-electron chi connectivity index (χ4n) is 0.824. The molecule has 0 amide bonds. The van der Waals surface area contributed by atoms with Gasteiger partial charge in [0, 0.05) is 12.0 Å². The predicted molar refractivity (Wildman–Crippen MR) is 39.5 cm³/mol. The Balaban J connectivity index is 2.70. The molecule has 0 aromatic carbocycles. The van der Waals surface area contributed by atoms with Crippen molar-refractivity contribution in [3.05, 3.63) is 18.1 Å². The van der Waals surface area contributed by atoms with Gasteiger partial charge in [0.15, 0.2) is 5.75 Å². The SMILES string of the molecule is CC(C)c1cc(OC(F)(F)F)co1. The van der Waals surface area contributed by atoms with Crippen molar-refractivity contribution in [1.29, 1.82) is 0 Å². The van der Waals surface area contributed by atoms with Crippen molar-refractivity contribution in [2.24, 2.45) is 0 Å². The number of hydrogen-bond donors (Lipinski definition) is 0. The molecular formula is C8H9F3O2. The molecule has 1 aromatic heterocycles. The summed E-state index contributed by atoms with van der Waals surface area (Å²) in [5.41, 5.74) is 0. The molecule has 0 spiro atoms. The van der Waals surface area contributed by atoms with Crippen molar-refractivity contribution in [2.45, 2.75) is 26.1 Å². The second-order valence-electron chi connectivity index (χ2n) is 2.89. The molecule has 13 heavy (non-hydrogen) atoms. The lowest BCUT2D eigenvalue weighted by molar-refractivity contribution is -0.274. The van der Waals surface area contributed by atoms with Crippen LogP contribution in [0.1, 0.15) is 25.5 Å². The van der Waals surface area contributed by atoms with E-state index in [9.17, 15) is 13.2 Å². The van der Waals surface area contributed by atoms with Crippen LogP contribution in [-0.4, -0.2) is 6.36 Å². The topological polar surface area (TPSA) is 22.4 Å². The molecule has 1 heterocycles. The minimum Gasteiger partial charge on any atom is -0.465 e. The van der Waals surface area contributed by atoms with Crippen molar-refractivity contribution in [3.8, 4) is 5.75 Å². The normalized spacial score (nSPS) is 12.2. The smallest absolute Gasteiger partial charge is 0.465 e. The third-order valence-electron chi connectivity index (χ3n) is 1.40. The molecule has 5 heteroatoms. The third kappa shape index (κ3) is 3.01. The summed E-state index contributed by atoms with van der Waals surface area (Å²) >= 11 is 0. The molecule has 0 radical (unpaired) electrons. The molecule has 2 nitrogen and oxygen atoms in total. The molecule has 0 aliphatic rings. The number of hydrogen-bond acceptors (Lipinski definition) is 2. The van der Waals surface area contributed by atoms with E-state index in [1.807, 2.05) is 13.8 Å². The fourth-order valence-corrected chi connectivity index (χ4v) is 0.824. The number of furan rings is 1. The highest BCUT2D eigenvalue weighted by Crippen LogP contribution is 2.27. The number of rotatable bonds is 2. The summed E-state index contributed by atoms with van der Waals surface area (Å²) in [4.78, 5) is 0. The summed E-state index contributed by atoms with van der Waals surface area (Å²) in [6.45, 7) is 3.63. The lowest BCUT2D eigenvalue weighted by Crippen LogP contribution is -2.16. The number of alkyl halides is 3. The van der Waals surface area contributed by atoms with Crippen LogP contribution in [0.4, 0.5) is 13.2 Å². The lowest BCUT2D eigenvalue weighted by atomic mass is 10.2. The Morgan fingerprint density at radius 2 is 2.00 bits per heavy atom. The highest BCUT2D eigenvalue weighted by molar-refractivity contribution is 5.21. The maximum atomic E-state index is 11.7. The first-order valence-electron chi connectivity index (χ1n) is 3.72. The zero-order valence-electron chi connectivity index (χ0n) is 7.18. The maximum Gasteiger partial charge on any atom is 0.573 e. The van der Waals surface area contributed by atoms with E-state index >= 15 is 0 Å². The van der Waals surface area contributed by atoms with Crippen LogP contribution < -0.4 is 4.74 Å². The zero-order valence-corrected chi connectivity index (χ0v) is 7.18. The monoisotopic (exact) mass is 194 g/mol. The van der Waals surface area contributed by atoms with Crippen LogP contribution in [0.2, 0.25) is 0 Å². The van der Waals surface area contributed by atoms with Gasteiger partial charge in [0.1, 0.15) is 12.0 Å². The van der Waals surface area contributed by atoms with Crippen LogP contribution in [-0.2, 0) is 0 Å². The average molecular weight is 194 g/mol. The average Bonchev–Trinajstić information content (AvgIpc) is 2.31. The van der Waals surface area contributed by atoms with Crippen LogP contribution >= 0.6 is 0 Å². The van der Waals surface area contributed by atoms with Gasteiger partial charge in [0.05, 0.1) is 0 Å². The van der Waals surface area contributed by atoms with Crippen molar-refractivity contribution in [1.82, 2.24) is 0 Å². The minimum absolute atomic E-state index is 0.0468. The molecule has 0 fully saturated rings. The summed E-state index contributed by atoms with van der Waals surface area (Å²) in [7, 11) is 0. The summed E-state index contributed by atoms with van der Waals surface area (Å²) in [6, 6.07) is 1.23. The number of ether oxygens (including phenoxy) is 1. The molecule has 0 saturated heterocycles. The van der Waals surface area contributed by atoms with Gasteiger partial charge in [-0.15, -0.1) is 13.2 Å². The zero-order chi connectivity index (χ0) is 10.1. The summed E-state index contributed by atoms with van der Waals surface area (Å²) in [5.74, 6) is 0.209. The largest absolute Gasteiger partial charge is 0.573 e. The van der Waals surface area contributed by atoms with Crippen molar-refractivity contribution in [2.75, 3.05) is 0 Å². The van der Waals surface area contributed by atoms with E-state index in [-0.39, 0.29) is 11.7 Å². The van der Waals surface area contributed by atoms with Crippen LogP contribution in [0.3, 0.4) is 0 Å². The molecule has 0 saturated carbocycles. The van der Waals surface area contributed by atoms with E-state index < -0.39 is 6.36 Å². The number of halogens is 3. The lowest BCUT2D eigenvalue weighted by Gasteiger charge is -2.04. The third-order valence-corrected chi connectivity index (χ3v) is 1.40. The van der Waals surface area contributed by atoms with E-state index in [0.29, 0.717) is 5.76 Å². The molecule has 0 unspecified atom stereocenters. The van der Waals surface area contributed by atoms with Gasteiger partial charge in [-0.25, -0.2) is 0 Å².